The number of ether oxygens (including phenoxy) is 2. The highest BCUT2D eigenvalue weighted by Crippen LogP contribution is 2.31. The fourth-order valence-electron chi connectivity index (χ4n) is 0.890. The molecular weight excluding hydrogens is 255 g/mol. The van der Waals surface area contributed by atoms with Crippen LogP contribution in [0.25, 0.3) is 0 Å². The number of benzene rings is 1. The van der Waals surface area contributed by atoms with E-state index < -0.39 is 18.7 Å². The zero-order valence-corrected chi connectivity index (χ0v) is 8.36. The van der Waals surface area contributed by atoms with Gasteiger partial charge in [-0.2, -0.15) is 8.78 Å². The summed E-state index contributed by atoms with van der Waals surface area (Å²) in [6.45, 7) is -3.07. The summed E-state index contributed by atoms with van der Waals surface area (Å²) in [7, 11) is 0. The lowest BCUT2D eigenvalue weighted by Gasteiger charge is -2.11. The molecule has 0 amide bonds. The molecule has 16 heavy (non-hydrogen) atoms. The van der Waals surface area contributed by atoms with Crippen LogP contribution in [0, 0.1) is 0 Å². The van der Waals surface area contributed by atoms with Gasteiger partial charge in [-0.3, -0.25) is 0 Å². The Labute approximate surface area is 92.4 Å². The average Bonchev–Trinajstić information content (AvgIpc) is 2.06. The molecule has 0 fully saturated rings. The molecule has 0 atom stereocenters. The Hall–Kier alpha value is -1.18. The molecule has 1 aromatic rings. The molecule has 1 rings (SSSR count). The summed E-state index contributed by atoms with van der Waals surface area (Å²) in [5.74, 6) is -0.882. The van der Waals surface area contributed by atoms with E-state index in [2.05, 4.69) is 22.1 Å². The Kier molecular flexibility index (Phi) is 3.84. The van der Waals surface area contributed by atoms with Crippen LogP contribution < -0.4 is 9.47 Å². The minimum atomic E-state index is -4.84. The van der Waals surface area contributed by atoms with Gasteiger partial charge in [0, 0.05) is 0 Å². The molecule has 0 bridgehead atoms. The topological polar surface area (TPSA) is 18.5 Å². The average molecular weight is 260 g/mol. The molecule has 0 aliphatic carbocycles. The van der Waals surface area contributed by atoms with Crippen molar-refractivity contribution in [2.75, 3.05) is 0 Å². The van der Waals surface area contributed by atoms with Gasteiger partial charge in [0.2, 0.25) is 0 Å². The smallest absolute Gasteiger partial charge is 0.434 e. The van der Waals surface area contributed by atoms with Gasteiger partial charge in [-0.15, -0.1) is 25.8 Å². The molecule has 0 heterocycles. The van der Waals surface area contributed by atoms with E-state index in [1.807, 2.05) is 0 Å². The van der Waals surface area contributed by atoms with Gasteiger partial charge in [0.05, 0.1) is 4.90 Å². The van der Waals surface area contributed by atoms with Gasteiger partial charge in [-0.25, -0.2) is 0 Å². The number of hydrogen-bond acceptors (Lipinski definition) is 3. The molecule has 1 aromatic carbocycles. The maximum atomic E-state index is 11.8. The van der Waals surface area contributed by atoms with E-state index in [1.54, 1.807) is 0 Å². The minimum absolute atomic E-state index is 0.179. The van der Waals surface area contributed by atoms with E-state index in [-0.39, 0.29) is 10.6 Å². The fourth-order valence-corrected chi connectivity index (χ4v) is 1.14. The predicted molar refractivity (Wildman–Crippen MR) is 47.0 cm³/mol. The summed E-state index contributed by atoms with van der Waals surface area (Å²) in [5, 5.41) is 0. The maximum Gasteiger partial charge on any atom is 0.573 e. The number of rotatable bonds is 3. The van der Waals surface area contributed by atoms with Gasteiger partial charge in [0.15, 0.2) is 0 Å². The normalized spacial score (nSPS) is 11.7. The molecule has 0 saturated carbocycles. The van der Waals surface area contributed by atoms with Crippen LogP contribution in [0.3, 0.4) is 0 Å². The van der Waals surface area contributed by atoms with Gasteiger partial charge in [-0.05, 0) is 18.2 Å². The summed E-state index contributed by atoms with van der Waals surface area (Å²) in [6.07, 6.45) is -4.84. The van der Waals surface area contributed by atoms with E-state index in [4.69, 9.17) is 0 Å². The van der Waals surface area contributed by atoms with E-state index >= 15 is 0 Å². The Bertz CT molecular complexity index is 366. The molecule has 0 unspecified atom stereocenters. The summed E-state index contributed by atoms with van der Waals surface area (Å²) in [5.41, 5.74) is 0. The standard InChI is InChI=1S/C8H5F5O2S/c9-7(10)14-5-2-1-4(3-6(5)16)15-8(11,12)13/h1-3,7,16H. The van der Waals surface area contributed by atoms with E-state index in [0.29, 0.717) is 0 Å². The van der Waals surface area contributed by atoms with Crippen LogP contribution in [0.1, 0.15) is 0 Å². The van der Waals surface area contributed by atoms with Crippen molar-refractivity contribution in [3.63, 3.8) is 0 Å². The van der Waals surface area contributed by atoms with Crippen LogP contribution in [0.4, 0.5) is 22.0 Å². The van der Waals surface area contributed by atoms with Gasteiger partial charge in [-0.1, -0.05) is 0 Å². The molecule has 0 N–H and O–H groups in total. The lowest BCUT2D eigenvalue weighted by Crippen LogP contribution is -2.17. The third kappa shape index (κ3) is 4.13. The third-order valence-corrected chi connectivity index (χ3v) is 1.73. The monoisotopic (exact) mass is 260 g/mol. The van der Waals surface area contributed by atoms with Crippen LogP contribution >= 0.6 is 12.6 Å². The van der Waals surface area contributed by atoms with Crippen LogP contribution in [0.5, 0.6) is 11.5 Å². The van der Waals surface area contributed by atoms with Crippen molar-refractivity contribution in [1.82, 2.24) is 0 Å². The molecule has 0 aliphatic rings. The van der Waals surface area contributed by atoms with Crippen molar-refractivity contribution in [2.24, 2.45) is 0 Å². The maximum absolute atomic E-state index is 11.8. The van der Waals surface area contributed by atoms with E-state index in [0.717, 1.165) is 18.2 Å². The molecule has 90 valence electrons. The lowest BCUT2D eigenvalue weighted by molar-refractivity contribution is -0.274. The lowest BCUT2D eigenvalue weighted by atomic mass is 10.3. The molecule has 0 saturated heterocycles. The predicted octanol–water partition coefficient (Wildman–Crippen LogP) is 3.48. The summed E-state index contributed by atoms with van der Waals surface area (Å²) >= 11 is 3.69. The van der Waals surface area contributed by atoms with Gasteiger partial charge in [0.1, 0.15) is 11.5 Å². The first-order valence-corrected chi connectivity index (χ1v) is 4.26. The van der Waals surface area contributed by atoms with Gasteiger partial charge in [0.25, 0.3) is 0 Å². The summed E-state index contributed by atoms with van der Waals surface area (Å²) in [6, 6.07) is 2.59. The van der Waals surface area contributed by atoms with Crippen LogP contribution in [-0.4, -0.2) is 13.0 Å². The first kappa shape index (κ1) is 12.9. The summed E-state index contributed by atoms with van der Waals surface area (Å²) in [4.78, 5) is -0.179. The Balaban J connectivity index is 2.83. The second kappa shape index (κ2) is 4.77. The van der Waals surface area contributed by atoms with Gasteiger partial charge >= 0.3 is 13.0 Å². The zero-order valence-electron chi connectivity index (χ0n) is 7.46. The van der Waals surface area contributed by atoms with Crippen LogP contribution in [-0.2, 0) is 0 Å². The Morgan fingerprint density at radius 3 is 2.25 bits per heavy atom. The van der Waals surface area contributed by atoms with Gasteiger partial charge < -0.3 is 9.47 Å². The zero-order chi connectivity index (χ0) is 12.3. The molecule has 2 nitrogen and oxygen atoms in total. The van der Waals surface area contributed by atoms with Crippen molar-refractivity contribution in [3.8, 4) is 11.5 Å². The van der Waals surface area contributed by atoms with Crippen LogP contribution in [0.15, 0.2) is 23.1 Å². The molecular formula is C8H5F5O2S. The van der Waals surface area contributed by atoms with Crippen molar-refractivity contribution in [1.29, 1.82) is 0 Å². The highest BCUT2D eigenvalue weighted by molar-refractivity contribution is 7.80. The molecule has 0 radical (unpaired) electrons. The minimum Gasteiger partial charge on any atom is -0.434 e. The number of alkyl halides is 5. The second-order valence-corrected chi connectivity index (χ2v) is 3.04. The van der Waals surface area contributed by atoms with Crippen molar-refractivity contribution in [3.05, 3.63) is 18.2 Å². The number of hydrogen-bond donors (Lipinski definition) is 1. The first-order valence-electron chi connectivity index (χ1n) is 3.81. The quantitative estimate of drug-likeness (QED) is 0.662. The molecule has 0 spiro atoms. The van der Waals surface area contributed by atoms with Crippen molar-refractivity contribution in [2.45, 2.75) is 17.9 Å². The highest BCUT2D eigenvalue weighted by Gasteiger charge is 2.31. The van der Waals surface area contributed by atoms with Crippen molar-refractivity contribution < 1.29 is 31.4 Å². The van der Waals surface area contributed by atoms with Crippen LogP contribution in [0.2, 0.25) is 0 Å². The first-order chi connectivity index (χ1) is 7.28. The third-order valence-electron chi connectivity index (χ3n) is 1.38. The SMILES string of the molecule is FC(F)Oc1ccc(OC(F)(F)F)cc1S. The molecule has 0 aromatic heterocycles. The van der Waals surface area contributed by atoms with E-state index in [1.165, 1.54) is 0 Å². The fraction of sp³-hybridized carbons (Fsp3) is 0.250. The number of halogens is 5. The van der Waals surface area contributed by atoms with E-state index in [9.17, 15) is 22.0 Å². The number of thiol groups is 1. The second-order valence-electron chi connectivity index (χ2n) is 2.56. The highest BCUT2D eigenvalue weighted by atomic mass is 32.1. The molecule has 0 aliphatic heterocycles. The van der Waals surface area contributed by atoms with Crippen molar-refractivity contribution >= 4 is 12.6 Å². The summed E-state index contributed by atoms with van der Waals surface area (Å²) < 4.78 is 66.5. The Morgan fingerprint density at radius 1 is 1.19 bits per heavy atom. The Morgan fingerprint density at radius 2 is 1.81 bits per heavy atom. The molecule has 8 heteroatoms. The largest absolute Gasteiger partial charge is 0.573 e.